The molecule has 2 aliphatic rings. The minimum atomic E-state index is 0.00830. The highest BCUT2D eigenvalue weighted by atomic mass is 16.5. The number of rotatable bonds is 4. The minimum absolute atomic E-state index is 0.00830. The van der Waals surface area contributed by atoms with E-state index >= 15 is 0 Å². The van der Waals surface area contributed by atoms with Crippen molar-refractivity contribution in [2.75, 3.05) is 32.8 Å². The first-order valence-corrected chi connectivity index (χ1v) is 7.55. The predicted octanol–water partition coefficient (Wildman–Crippen LogP) is 1.36. The third-order valence-electron chi connectivity index (χ3n) is 4.08. The summed E-state index contributed by atoms with van der Waals surface area (Å²) in [5.41, 5.74) is 0. The van der Waals surface area contributed by atoms with E-state index in [1.54, 1.807) is 0 Å². The van der Waals surface area contributed by atoms with Crippen molar-refractivity contribution in [3.05, 3.63) is 0 Å². The van der Waals surface area contributed by atoms with E-state index in [0.717, 1.165) is 38.8 Å². The van der Waals surface area contributed by atoms with Crippen LogP contribution in [0.1, 0.15) is 38.5 Å². The maximum absolute atomic E-state index is 12.0. The summed E-state index contributed by atoms with van der Waals surface area (Å²) in [6.07, 6.45) is 6.76. The van der Waals surface area contributed by atoms with E-state index in [1.807, 2.05) is 4.90 Å². The van der Waals surface area contributed by atoms with Crippen molar-refractivity contribution in [1.82, 2.24) is 10.2 Å². The van der Waals surface area contributed by atoms with Gasteiger partial charge in [-0.1, -0.05) is 0 Å². The van der Waals surface area contributed by atoms with Crippen LogP contribution in [0.5, 0.6) is 0 Å². The smallest absolute Gasteiger partial charge is 0.317 e. The lowest BCUT2D eigenvalue weighted by molar-refractivity contribution is 0.0117. The van der Waals surface area contributed by atoms with Gasteiger partial charge in [0.1, 0.15) is 0 Å². The third kappa shape index (κ3) is 4.66. The SMILES string of the molecule is O=C(NCCC1CCCCO1)N1CCCC(CO)C1. The van der Waals surface area contributed by atoms with Gasteiger partial charge in [-0.25, -0.2) is 4.79 Å². The number of piperidine rings is 1. The van der Waals surface area contributed by atoms with Gasteiger partial charge in [-0.15, -0.1) is 0 Å². The molecule has 0 bridgehead atoms. The molecular weight excluding hydrogens is 244 g/mol. The number of likely N-dealkylation sites (tertiary alicyclic amines) is 1. The molecule has 2 atom stereocenters. The second-order valence-corrected chi connectivity index (χ2v) is 5.65. The van der Waals surface area contributed by atoms with E-state index in [-0.39, 0.29) is 18.6 Å². The lowest BCUT2D eigenvalue weighted by Crippen LogP contribution is -2.46. The van der Waals surface area contributed by atoms with Crippen LogP contribution in [0.25, 0.3) is 0 Å². The first-order valence-electron chi connectivity index (χ1n) is 7.55. The van der Waals surface area contributed by atoms with Crippen LogP contribution >= 0.6 is 0 Å². The lowest BCUT2D eigenvalue weighted by Gasteiger charge is -2.32. The van der Waals surface area contributed by atoms with E-state index in [0.29, 0.717) is 19.2 Å². The van der Waals surface area contributed by atoms with E-state index in [4.69, 9.17) is 9.84 Å². The first-order chi connectivity index (χ1) is 9.29. The molecule has 5 heteroatoms. The number of aliphatic hydroxyl groups is 1. The zero-order valence-corrected chi connectivity index (χ0v) is 11.6. The van der Waals surface area contributed by atoms with Gasteiger partial charge in [-0.3, -0.25) is 0 Å². The molecule has 0 aromatic carbocycles. The van der Waals surface area contributed by atoms with Crippen LogP contribution in [-0.2, 0) is 4.74 Å². The summed E-state index contributed by atoms with van der Waals surface area (Å²) in [7, 11) is 0. The molecule has 0 aliphatic carbocycles. The van der Waals surface area contributed by atoms with E-state index in [2.05, 4.69) is 5.32 Å². The summed E-state index contributed by atoms with van der Waals surface area (Å²) in [5, 5.41) is 12.1. The van der Waals surface area contributed by atoms with E-state index in [9.17, 15) is 4.79 Å². The van der Waals surface area contributed by atoms with Gasteiger partial charge in [0, 0.05) is 32.8 Å². The van der Waals surface area contributed by atoms with Crippen molar-refractivity contribution in [3.8, 4) is 0 Å². The number of urea groups is 1. The van der Waals surface area contributed by atoms with Crippen LogP contribution in [0.15, 0.2) is 0 Å². The Labute approximate surface area is 115 Å². The van der Waals surface area contributed by atoms with Gasteiger partial charge >= 0.3 is 6.03 Å². The van der Waals surface area contributed by atoms with Crippen molar-refractivity contribution in [3.63, 3.8) is 0 Å². The van der Waals surface area contributed by atoms with Gasteiger partial charge in [-0.05, 0) is 44.4 Å². The Kier molecular flexibility index (Phi) is 5.92. The Morgan fingerprint density at radius 1 is 1.32 bits per heavy atom. The third-order valence-corrected chi connectivity index (χ3v) is 4.08. The molecule has 2 rings (SSSR count). The molecule has 2 saturated heterocycles. The summed E-state index contributed by atoms with van der Waals surface area (Å²) in [6, 6.07) is 0.00830. The van der Waals surface area contributed by atoms with Crippen LogP contribution in [0.3, 0.4) is 0 Å². The highest BCUT2D eigenvalue weighted by Crippen LogP contribution is 2.16. The minimum Gasteiger partial charge on any atom is -0.396 e. The maximum Gasteiger partial charge on any atom is 0.317 e. The molecule has 2 N–H and O–H groups in total. The Bertz CT molecular complexity index is 280. The molecule has 0 radical (unpaired) electrons. The van der Waals surface area contributed by atoms with Gasteiger partial charge in [-0.2, -0.15) is 0 Å². The number of carbonyl (C=O) groups excluding carboxylic acids is 1. The number of amides is 2. The standard InChI is InChI=1S/C14H26N2O3/c17-11-12-4-3-8-16(10-12)14(18)15-7-6-13-5-1-2-9-19-13/h12-13,17H,1-11H2,(H,15,18). The molecule has 110 valence electrons. The molecule has 2 amide bonds. The highest BCUT2D eigenvalue weighted by Gasteiger charge is 2.23. The number of ether oxygens (including phenoxy) is 1. The largest absolute Gasteiger partial charge is 0.396 e. The van der Waals surface area contributed by atoms with Crippen molar-refractivity contribution >= 4 is 6.03 Å². The molecule has 0 saturated carbocycles. The molecule has 2 unspecified atom stereocenters. The van der Waals surface area contributed by atoms with Crippen molar-refractivity contribution < 1.29 is 14.6 Å². The Hall–Kier alpha value is -0.810. The van der Waals surface area contributed by atoms with Crippen LogP contribution in [0.4, 0.5) is 4.79 Å². The Morgan fingerprint density at radius 2 is 2.21 bits per heavy atom. The lowest BCUT2D eigenvalue weighted by atomic mass is 9.99. The molecule has 0 aromatic rings. The Balaban J connectivity index is 1.63. The number of hydrogen-bond donors (Lipinski definition) is 2. The normalized spacial score (nSPS) is 28.2. The fraction of sp³-hybridized carbons (Fsp3) is 0.929. The monoisotopic (exact) mass is 270 g/mol. The topological polar surface area (TPSA) is 61.8 Å². The number of nitrogens with zero attached hydrogens (tertiary/aromatic N) is 1. The summed E-state index contributed by atoms with van der Waals surface area (Å²) in [5.74, 6) is 0.251. The van der Waals surface area contributed by atoms with Crippen LogP contribution in [0.2, 0.25) is 0 Å². The quantitative estimate of drug-likeness (QED) is 0.811. The zero-order chi connectivity index (χ0) is 13.5. The second kappa shape index (κ2) is 7.70. The molecule has 19 heavy (non-hydrogen) atoms. The molecule has 2 heterocycles. The maximum atomic E-state index is 12.0. The predicted molar refractivity (Wildman–Crippen MR) is 73.0 cm³/mol. The fourth-order valence-electron chi connectivity index (χ4n) is 2.89. The van der Waals surface area contributed by atoms with E-state index in [1.165, 1.54) is 12.8 Å². The second-order valence-electron chi connectivity index (χ2n) is 5.65. The zero-order valence-electron chi connectivity index (χ0n) is 11.6. The number of aliphatic hydroxyl groups excluding tert-OH is 1. The summed E-state index contributed by atoms with van der Waals surface area (Å²) in [4.78, 5) is 13.8. The first kappa shape index (κ1) is 14.6. The van der Waals surface area contributed by atoms with Gasteiger partial charge in [0.05, 0.1) is 6.10 Å². The number of hydrogen-bond acceptors (Lipinski definition) is 3. The molecule has 2 fully saturated rings. The van der Waals surface area contributed by atoms with Gasteiger partial charge in [0.15, 0.2) is 0 Å². The summed E-state index contributed by atoms with van der Waals surface area (Å²) < 4.78 is 5.64. The molecule has 2 aliphatic heterocycles. The van der Waals surface area contributed by atoms with Crippen LogP contribution < -0.4 is 5.32 Å². The van der Waals surface area contributed by atoms with Gasteiger partial charge in [0.25, 0.3) is 0 Å². The average Bonchev–Trinajstić information content (AvgIpc) is 2.48. The van der Waals surface area contributed by atoms with Crippen LogP contribution in [-0.4, -0.2) is 55.0 Å². The summed E-state index contributed by atoms with van der Waals surface area (Å²) in [6.45, 7) is 3.22. The highest BCUT2D eigenvalue weighted by molar-refractivity contribution is 5.74. The van der Waals surface area contributed by atoms with Crippen LogP contribution in [0, 0.1) is 5.92 Å². The number of carbonyl (C=O) groups is 1. The van der Waals surface area contributed by atoms with Gasteiger partial charge in [0.2, 0.25) is 0 Å². The molecule has 0 spiro atoms. The number of nitrogens with one attached hydrogen (secondary N) is 1. The molecule has 0 aromatic heterocycles. The average molecular weight is 270 g/mol. The van der Waals surface area contributed by atoms with Crippen molar-refractivity contribution in [1.29, 1.82) is 0 Å². The molecular formula is C14H26N2O3. The summed E-state index contributed by atoms with van der Waals surface area (Å²) >= 11 is 0. The van der Waals surface area contributed by atoms with Crippen molar-refractivity contribution in [2.24, 2.45) is 5.92 Å². The Morgan fingerprint density at radius 3 is 2.95 bits per heavy atom. The molecule has 5 nitrogen and oxygen atoms in total. The van der Waals surface area contributed by atoms with E-state index < -0.39 is 0 Å². The fourth-order valence-corrected chi connectivity index (χ4v) is 2.89. The van der Waals surface area contributed by atoms with Gasteiger partial charge < -0.3 is 20.1 Å². The van der Waals surface area contributed by atoms with Crippen molar-refractivity contribution in [2.45, 2.75) is 44.6 Å².